The Labute approximate surface area is 141 Å². The molecule has 0 amide bonds. The molecule has 2 heteroatoms. The zero-order valence-corrected chi connectivity index (χ0v) is 13.3. The van der Waals surface area contributed by atoms with Crippen molar-refractivity contribution in [3.63, 3.8) is 0 Å². The van der Waals surface area contributed by atoms with Crippen LogP contribution in [0.25, 0.3) is 0 Å². The molecule has 0 aliphatic rings. The smallest absolute Gasteiger partial charge is 0.170 e. The van der Waals surface area contributed by atoms with Gasteiger partial charge in [-0.05, 0) is 23.6 Å². The van der Waals surface area contributed by atoms with Crippen molar-refractivity contribution >= 4 is 11.6 Å². The van der Waals surface area contributed by atoms with E-state index in [2.05, 4.69) is 12.1 Å². The minimum Gasteiger partial charge on any atom is -0.294 e. The molecule has 118 valence electrons. The quantitative estimate of drug-likeness (QED) is 0.487. The highest BCUT2D eigenvalue weighted by Gasteiger charge is 2.13. The van der Waals surface area contributed by atoms with Gasteiger partial charge in [0.2, 0.25) is 0 Å². The number of ketones is 2. The van der Waals surface area contributed by atoms with Crippen LogP contribution in [0, 0.1) is 0 Å². The normalized spacial score (nSPS) is 10.3. The molecule has 0 N–H and O–H groups in total. The van der Waals surface area contributed by atoms with Crippen molar-refractivity contribution in [3.8, 4) is 0 Å². The Balaban J connectivity index is 1.71. The number of benzene rings is 3. The number of hydrogen-bond donors (Lipinski definition) is 0. The molecule has 0 heterocycles. The molecular weight excluding hydrogens is 296 g/mol. The molecule has 0 saturated heterocycles. The van der Waals surface area contributed by atoms with E-state index < -0.39 is 0 Å². The van der Waals surface area contributed by atoms with Crippen molar-refractivity contribution in [1.82, 2.24) is 0 Å². The second-order valence-corrected chi connectivity index (χ2v) is 5.75. The predicted molar refractivity (Wildman–Crippen MR) is 95.4 cm³/mol. The first-order valence-corrected chi connectivity index (χ1v) is 7.97. The van der Waals surface area contributed by atoms with Crippen LogP contribution in [-0.2, 0) is 6.42 Å². The Morgan fingerprint density at radius 3 is 1.83 bits per heavy atom. The maximum atomic E-state index is 12.4. The first-order chi connectivity index (χ1) is 11.7. The molecule has 0 aliphatic heterocycles. The third kappa shape index (κ3) is 4.05. The van der Waals surface area contributed by atoms with Gasteiger partial charge in [-0.2, -0.15) is 0 Å². The van der Waals surface area contributed by atoms with E-state index in [1.807, 2.05) is 42.5 Å². The van der Waals surface area contributed by atoms with Gasteiger partial charge in [-0.1, -0.05) is 78.9 Å². The molecule has 0 fully saturated rings. The molecule has 0 spiro atoms. The summed E-state index contributed by atoms with van der Waals surface area (Å²) in [6.45, 7) is 0. The first kappa shape index (κ1) is 15.9. The molecule has 0 unspecified atom stereocenters. The van der Waals surface area contributed by atoms with E-state index >= 15 is 0 Å². The number of rotatable bonds is 6. The van der Waals surface area contributed by atoms with E-state index in [1.54, 1.807) is 30.3 Å². The number of Topliss-reactive ketones (excluding diaryl/α,β-unsaturated/α-hetero) is 2. The Kier molecular flexibility index (Phi) is 4.97. The van der Waals surface area contributed by atoms with E-state index in [0.29, 0.717) is 11.1 Å². The summed E-state index contributed by atoms with van der Waals surface area (Å²) in [4.78, 5) is 24.6. The van der Waals surface area contributed by atoms with Crippen LogP contribution in [-0.4, -0.2) is 11.6 Å². The van der Waals surface area contributed by atoms with E-state index in [-0.39, 0.29) is 18.0 Å². The molecule has 3 aromatic rings. The fraction of sp³-hybridized carbons (Fsp3) is 0.0909. The van der Waals surface area contributed by atoms with Crippen LogP contribution in [0.1, 0.15) is 38.3 Å². The molecule has 2 nitrogen and oxygen atoms in total. The Morgan fingerprint density at radius 1 is 0.583 bits per heavy atom. The highest BCUT2D eigenvalue weighted by atomic mass is 16.1. The highest BCUT2D eigenvalue weighted by molar-refractivity contribution is 6.13. The number of carbonyl (C=O) groups is 2. The van der Waals surface area contributed by atoms with Crippen LogP contribution in [0.15, 0.2) is 84.9 Å². The predicted octanol–water partition coefficient (Wildman–Crippen LogP) is 4.73. The monoisotopic (exact) mass is 314 g/mol. The van der Waals surface area contributed by atoms with Crippen molar-refractivity contribution in [3.05, 3.63) is 107 Å². The molecule has 24 heavy (non-hydrogen) atoms. The maximum Gasteiger partial charge on any atom is 0.170 e. The lowest BCUT2D eigenvalue weighted by Gasteiger charge is -2.05. The van der Waals surface area contributed by atoms with Gasteiger partial charge in [-0.15, -0.1) is 0 Å². The first-order valence-electron chi connectivity index (χ1n) is 7.97. The standard InChI is InChI=1S/C22H18O2/c23-21(19-11-5-2-6-12-19)16-22(24)20-13-7-10-18(15-20)14-17-8-3-1-4-9-17/h1-13,15H,14,16H2. The zero-order valence-electron chi connectivity index (χ0n) is 13.3. The minimum atomic E-state index is -0.144. The van der Waals surface area contributed by atoms with Crippen LogP contribution in [0.2, 0.25) is 0 Å². The molecule has 3 aromatic carbocycles. The van der Waals surface area contributed by atoms with Crippen molar-refractivity contribution in [1.29, 1.82) is 0 Å². The lowest BCUT2D eigenvalue weighted by molar-refractivity contribution is 0.0894. The summed E-state index contributed by atoms with van der Waals surface area (Å²) >= 11 is 0. The topological polar surface area (TPSA) is 34.1 Å². The summed E-state index contributed by atoms with van der Waals surface area (Å²) in [7, 11) is 0. The molecule has 0 aromatic heterocycles. The van der Waals surface area contributed by atoms with Crippen molar-refractivity contribution < 1.29 is 9.59 Å². The van der Waals surface area contributed by atoms with Crippen LogP contribution >= 0.6 is 0 Å². The van der Waals surface area contributed by atoms with Gasteiger partial charge in [-0.25, -0.2) is 0 Å². The van der Waals surface area contributed by atoms with Crippen molar-refractivity contribution in [2.24, 2.45) is 0 Å². The van der Waals surface area contributed by atoms with E-state index in [4.69, 9.17) is 0 Å². The fourth-order valence-electron chi connectivity index (χ4n) is 2.66. The maximum absolute atomic E-state index is 12.4. The molecule has 0 aliphatic carbocycles. The lowest BCUT2D eigenvalue weighted by atomic mass is 9.98. The summed E-state index contributed by atoms with van der Waals surface area (Å²) in [5.74, 6) is -0.284. The van der Waals surface area contributed by atoms with E-state index in [0.717, 1.165) is 12.0 Å². The zero-order chi connectivity index (χ0) is 16.8. The van der Waals surface area contributed by atoms with Crippen molar-refractivity contribution in [2.75, 3.05) is 0 Å². The highest BCUT2D eigenvalue weighted by Crippen LogP contribution is 2.14. The molecule has 0 atom stereocenters. The molecule has 3 rings (SSSR count). The van der Waals surface area contributed by atoms with Gasteiger partial charge >= 0.3 is 0 Å². The molecule has 0 saturated carbocycles. The Bertz CT molecular complexity index is 836. The molecule has 0 radical (unpaired) electrons. The third-order valence-electron chi connectivity index (χ3n) is 3.92. The van der Waals surface area contributed by atoms with E-state index in [9.17, 15) is 9.59 Å². The van der Waals surface area contributed by atoms with Gasteiger partial charge in [0.1, 0.15) is 0 Å². The summed E-state index contributed by atoms with van der Waals surface area (Å²) in [5.41, 5.74) is 3.43. The Morgan fingerprint density at radius 2 is 1.12 bits per heavy atom. The molecular formula is C22H18O2. The van der Waals surface area contributed by atoms with Crippen molar-refractivity contribution in [2.45, 2.75) is 12.8 Å². The average Bonchev–Trinajstić information content (AvgIpc) is 2.63. The summed E-state index contributed by atoms with van der Waals surface area (Å²) in [5, 5.41) is 0. The SMILES string of the molecule is O=C(CC(=O)c1cccc(Cc2ccccc2)c1)c1ccccc1. The van der Waals surface area contributed by atoms with E-state index in [1.165, 1.54) is 5.56 Å². The summed E-state index contributed by atoms with van der Waals surface area (Å²) < 4.78 is 0. The second kappa shape index (κ2) is 7.51. The second-order valence-electron chi connectivity index (χ2n) is 5.75. The van der Waals surface area contributed by atoms with Gasteiger partial charge in [-0.3, -0.25) is 9.59 Å². The fourth-order valence-corrected chi connectivity index (χ4v) is 2.66. The van der Waals surface area contributed by atoms with Crippen LogP contribution in [0.5, 0.6) is 0 Å². The summed E-state index contributed by atoms with van der Waals surface area (Å²) in [6, 6.07) is 26.6. The third-order valence-corrected chi connectivity index (χ3v) is 3.92. The van der Waals surface area contributed by atoms with Crippen LogP contribution in [0.4, 0.5) is 0 Å². The van der Waals surface area contributed by atoms with Crippen LogP contribution < -0.4 is 0 Å². The Hall–Kier alpha value is -3.00. The largest absolute Gasteiger partial charge is 0.294 e. The number of carbonyl (C=O) groups excluding carboxylic acids is 2. The van der Waals surface area contributed by atoms with Gasteiger partial charge in [0.05, 0.1) is 6.42 Å². The minimum absolute atomic E-state index is 0.0984. The summed E-state index contributed by atoms with van der Waals surface area (Å²) in [6.07, 6.45) is 0.674. The van der Waals surface area contributed by atoms with Gasteiger partial charge in [0, 0.05) is 11.1 Å². The van der Waals surface area contributed by atoms with Gasteiger partial charge in [0.15, 0.2) is 11.6 Å². The van der Waals surface area contributed by atoms with Gasteiger partial charge in [0.25, 0.3) is 0 Å². The van der Waals surface area contributed by atoms with Crippen LogP contribution in [0.3, 0.4) is 0 Å². The molecule has 0 bridgehead atoms. The number of hydrogen-bond acceptors (Lipinski definition) is 2. The van der Waals surface area contributed by atoms with Gasteiger partial charge < -0.3 is 0 Å². The average molecular weight is 314 g/mol. The lowest BCUT2D eigenvalue weighted by Crippen LogP contribution is -2.09.